The van der Waals surface area contributed by atoms with E-state index >= 15 is 0 Å². The number of nitrogens with two attached hydrogens (primary N) is 1. The minimum absolute atomic E-state index is 0.0156. The molecular weight excluding hydrogens is 286 g/mol. The van der Waals surface area contributed by atoms with E-state index in [4.69, 9.17) is 17.3 Å². The zero-order valence-electron chi connectivity index (χ0n) is 11.2. The monoisotopic (exact) mass is 302 g/mol. The molecule has 0 aliphatic carbocycles. The van der Waals surface area contributed by atoms with Gasteiger partial charge in [-0.3, -0.25) is 4.79 Å². The van der Waals surface area contributed by atoms with Gasteiger partial charge in [0.2, 0.25) is 0 Å². The Balaban J connectivity index is 2.32. The lowest BCUT2D eigenvalue weighted by atomic mass is 9.96. The first-order valence-corrected chi connectivity index (χ1v) is 7.00. The van der Waals surface area contributed by atoms with Crippen molar-refractivity contribution in [1.29, 1.82) is 0 Å². The van der Waals surface area contributed by atoms with Crippen LogP contribution < -0.4 is 5.73 Å². The second-order valence-corrected chi connectivity index (χ2v) is 5.57. The normalized spacial score (nSPS) is 20.9. The van der Waals surface area contributed by atoms with Crippen LogP contribution in [0.25, 0.3) is 0 Å². The molecule has 0 radical (unpaired) electrons. The molecule has 1 saturated heterocycles. The molecule has 1 amide bonds. The molecule has 1 fully saturated rings. The molecule has 0 saturated carbocycles. The molecule has 1 aliphatic rings. The third kappa shape index (κ3) is 2.94. The molecule has 2 unspecified atom stereocenters. The summed E-state index contributed by atoms with van der Waals surface area (Å²) in [5.41, 5.74) is 5.89. The van der Waals surface area contributed by atoms with Crippen molar-refractivity contribution in [1.82, 2.24) is 4.90 Å². The topological polar surface area (TPSA) is 46.3 Å². The fourth-order valence-corrected chi connectivity index (χ4v) is 2.83. The van der Waals surface area contributed by atoms with Crippen LogP contribution >= 0.6 is 11.6 Å². The quantitative estimate of drug-likeness (QED) is 0.854. The molecule has 20 heavy (non-hydrogen) atoms. The average molecular weight is 303 g/mol. The highest BCUT2D eigenvalue weighted by Crippen LogP contribution is 2.26. The Kier molecular flexibility index (Phi) is 4.60. The zero-order chi connectivity index (χ0) is 14.9. The Labute approximate surface area is 121 Å². The van der Waals surface area contributed by atoms with Crippen molar-refractivity contribution in [2.45, 2.75) is 38.3 Å². The van der Waals surface area contributed by atoms with E-state index in [1.54, 1.807) is 4.90 Å². The predicted molar refractivity (Wildman–Crippen MR) is 73.7 cm³/mol. The summed E-state index contributed by atoms with van der Waals surface area (Å²) >= 11 is 5.86. The molecule has 6 heteroatoms. The SMILES string of the molecule is CC(N)C1CCCCN1C(=O)c1cc(F)c(F)cc1Cl. The summed E-state index contributed by atoms with van der Waals surface area (Å²) in [6.45, 7) is 2.39. The van der Waals surface area contributed by atoms with Crippen molar-refractivity contribution in [2.24, 2.45) is 5.73 Å². The number of likely N-dealkylation sites (tertiary alicyclic amines) is 1. The van der Waals surface area contributed by atoms with Gasteiger partial charge < -0.3 is 10.6 Å². The van der Waals surface area contributed by atoms with E-state index in [0.29, 0.717) is 6.54 Å². The second kappa shape index (κ2) is 6.06. The minimum atomic E-state index is -1.08. The standard InChI is InChI=1S/C14H17ClF2N2O/c1-8(18)13-4-2-3-5-19(13)14(20)9-6-11(16)12(17)7-10(9)15/h6-8,13H,2-5,18H2,1H3. The maximum Gasteiger partial charge on any atom is 0.255 e. The van der Waals surface area contributed by atoms with Crippen LogP contribution in [0.5, 0.6) is 0 Å². The maximum atomic E-state index is 13.3. The lowest BCUT2D eigenvalue weighted by Gasteiger charge is -2.38. The smallest absolute Gasteiger partial charge is 0.255 e. The number of hydrogen-bond donors (Lipinski definition) is 1. The van der Waals surface area contributed by atoms with Crippen LogP contribution in [0.1, 0.15) is 36.5 Å². The molecule has 2 rings (SSSR count). The highest BCUT2D eigenvalue weighted by atomic mass is 35.5. The lowest BCUT2D eigenvalue weighted by molar-refractivity contribution is 0.0583. The van der Waals surface area contributed by atoms with Crippen LogP contribution in [0.4, 0.5) is 8.78 Å². The summed E-state index contributed by atoms with van der Waals surface area (Å²) in [4.78, 5) is 14.1. The fourth-order valence-electron chi connectivity index (χ4n) is 2.60. The first kappa shape index (κ1) is 15.2. The molecular formula is C14H17ClF2N2O. The van der Waals surface area contributed by atoms with Crippen molar-refractivity contribution >= 4 is 17.5 Å². The number of benzene rings is 1. The highest BCUT2D eigenvalue weighted by molar-refractivity contribution is 6.33. The molecule has 1 aliphatic heterocycles. The van der Waals surface area contributed by atoms with Gasteiger partial charge in [-0.25, -0.2) is 8.78 Å². The summed E-state index contributed by atoms with van der Waals surface area (Å²) in [7, 11) is 0. The summed E-state index contributed by atoms with van der Waals surface area (Å²) in [5, 5.41) is -0.0807. The van der Waals surface area contributed by atoms with Crippen LogP contribution in [-0.4, -0.2) is 29.4 Å². The molecule has 110 valence electrons. The number of rotatable bonds is 2. The first-order chi connectivity index (χ1) is 9.41. The number of amides is 1. The van der Waals surface area contributed by atoms with Gasteiger partial charge in [0.15, 0.2) is 11.6 Å². The van der Waals surface area contributed by atoms with Crippen LogP contribution in [-0.2, 0) is 0 Å². The van der Waals surface area contributed by atoms with Gasteiger partial charge in [-0.1, -0.05) is 11.6 Å². The molecule has 1 aromatic carbocycles. The average Bonchev–Trinajstić information content (AvgIpc) is 2.42. The van der Waals surface area contributed by atoms with Crippen LogP contribution in [0.15, 0.2) is 12.1 Å². The van der Waals surface area contributed by atoms with Gasteiger partial charge in [-0.15, -0.1) is 0 Å². The summed E-state index contributed by atoms with van der Waals surface area (Å²) in [6.07, 6.45) is 2.68. The molecule has 0 aromatic heterocycles. The predicted octanol–water partition coefficient (Wildman–Crippen LogP) is 2.96. The Morgan fingerprint density at radius 2 is 2.05 bits per heavy atom. The highest BCUT2D eigenvalue weighted by Gasteiger charge is 2.31. The number of nitrogens with zero attached hydrogens (tertiary/aromatic N) is 1. The molecule has 0 spiro atoms. The first-order valence-electron chi connectivity index (χ1n) is 6.63. The molecule has 1 aromatic rings. The number of piperidine rings is 1. The van der Waals surface area contributed by atoms with E-state index in [1.165, 1.54) is 0 Å². The Morgan fingerprint density at radius 3 is 2.70 bits per heavy atom. The third-order valence-electron chi connectivity index (χ3n) is 3.66. The second-order valence-electron chi connectivity index (χ2n) is 5.17. The van der Waals surface area contributed by atoms with Gasteiger partial charge in [0.25, 0.3) is 5.91 Å². The lowest BCUT2D eigenvalue weighted by Crippen LogP contribution is -2.51. The van der Waals surface area contributed by atoms with Gasteiger partial charge in [-0.2, -0.15) is 0 Å². The van der Waals surface area contributed by atoms with Crippen molar-refractivity contribution in [2.75, 3.05) is 6.54 Å². The van der Waals surface area contributed by atoms with Crippen molar-refractivity contribution < 1.29 is 13.6 Å². The fraction of sp³-hybridized carbons (Fsp3) is 0.500. The van der Waals surface area contributed by atoms with Gasteiger partial charge in [0, 0.05) is 18.6 Å². The van der Waals surface area contributed by atoms with E-state index < -0.39 is 17.5 Å². The summed E-state index contributed by atoms with van der Waals surface area (Å²) in [5.74, 6) is -2.53. The van der Waals surface area contributed by atoms with Crippen LogP contribution in [0.2, 0.25) is 5.02 Å². The van der Waals surface area contributed by atoms with E-state index in [-0.39, 0.29) is 22.7 Å². The molecule has 3 nitrogen and oxygen atoms in total. The number of carbonyl (C=O) groups is 1. The van der Waals surface area contributed by atoms with Crippen molar-refractivity contribution in [3.05, 3.63) is 34.4 Å². The molecule has 1 heterocycles. The van der Waals surface area contributed by atoms with Gasteiger partial charge in [0.1, 0.15) is 0 Å². The minimum Gasteiger partial charge on any atom is -0.334 e. The number of carbonyl (C=O) groups excluding carboxylic acids is 1. The number of hydrogen-bond acceptors (Lipinski definition) is 2. The summed E-state index contributed by atoms with van der Waals surface area (Å²) in [6, 6.07) is 1.41. The van der Waals surface area contributed by atoms with Crippen LogP contribution in [0.3, 0.4) is 0 Å². The van der Waals surface area contributed by atoms with E-state index in [9.17, 15) is 13.6 Å². The molecule has 0 bridgehead atoms. The van der Waals surface area contributed by atoms with Crippen LogP contribution in [0, 0.1) is 11.6 Å². The number of halogens is 3. The summed E-state index contributed by atoms with van der Waals surface area (Å²) < 4.78 is 26.4. The van der Waals surface area contributed by atoms with Crippen molar-refractivity contribution in [3.8, 4) is 0 Å². The third-order valence-corrected chi connectivity index (χ3v) is 3.97. The van der Waals surface area contributed by atoms with Gasteiger partial charge in [-0.05, 0) is 38.3 Å². The molecule has 2 atom stereocenters. The van der Waals surface area contributed by atoms with E-state index in [1.807, 2.05) is 6.92 Å². The zero-order valence-corrected chi connectivity index (χ0v) is 12.0. The van der Waals surface area contributed by atoms with Crippen molar-refractivity contribution in [3.63, 3.8) is 0 Å². The van der Waals surface area contributed by atoms with E-state index in [0.717, 1.165) is 31.4 Å². The Bertz CT molecular complexity index is 522. The van der Waals surface area contributed by atoms with Gasteiger partial charge >= 0.3 is 0 Å². The maximum absolute atomic E-state index is 13.3. The largest absolute Gasteiger partial charge is 0.334 e. The Morgan fingerprint density at radius 1 is 1.40 bits per heavy atom. The van der Waals surface area contributed by atoms with Gasteiger partial charge in [0.05, 0.1) is 10.6 Å². The van der Waals surface area contributed by atoms with E-state index in [2.05, 4.69) is 0 Å². The Hall–Kier alpha value is -1.20. The molecule has 2 N–H and O–H groups in total.